The second kappa shape index (κ2) is 9.71. The van der Waals surface area contributed by atoms with Crippen LogP contribution in [-0.2, 0) is 40.6 Å². The molecule has 0 spiro atoms. The lowest BCUT2D eigenvalue weighted by atomic mass is 9.98. The van der Waals surface area contributed by atoms with Crippen molar-refractivity contribution in [1.29, 1.82) is 0 Å². The molecule has 0 saturated carbocycles. The van der Waals surface area contributed by atoms with Gasteiger partial charge in [-0.1, -0.05) is 12.1 Å². The zero-order valence-electron chi connectivity index (χ0n) is 20.5. The third-order valence-electron chi connectivity index (χ3n) is 6.99. The first-order chi connectivity index (χ1) is 17.9. The van der Waals surface area contributed by atoms with E-state index in [0.717, 1.165) is 64.9 Å². The molecule has 6 rings (SSSR count). The zero-order chi connectivity index (χ0) is 25.6. The third-order valence-corrected chi connectivity index (χ3v) is 10.0. The number of aryl methyl sites for hydroxylation is 1. The molecule has 2 aliphatic heterocycles. The normalized spacial score (nSPS) is 17.5. The van der Waals surface area contributed by atoms with Gasteiger partial charge in [-0.3, -0.25) is 0 Å². The highest BCUT2D eigenvalue weighted by Gasteiger charge is 2.27. The highest BCUT2D eigenvalue weighted by Crippen LogP contribution is 2.38. The first-order valence-electron chi connectivity index (χ1n) is 12.4. The van der Waals surface area contributed by atoms with Crippen molar-refractivity contribution < 1.29 is 22.7 Å². The van der Waals surface area contributed by atoms with E-state index in [1.807, 2.05) is 25.2 Å². The molecular weight excluding hydrogens is 512 g/mol. The van der Waals surface area contributed by atoms with Crippen molar-refractivity contribution in [3.05, 3.63) is 58.1 Å². The van der Waals surface area contributed by atoms with Crippen LogP contribution in [0.15, 0.2) is 40.7 Å². The van der Waals surface area contributed by atoms with Gasteiger partial charge < -0.3 is 19.7 Å². The summed E-state index contributed by atoms with van der Waals surface area (Å²) in [6, 6.07) is 8.63. The molecule has 0 radical (unpaired) electrons. The molecule has 9 nitrogen and oxygen atoms in total. The number of nitrogens with one attached hydrogen (secondary N) is 2. The number of pyridine rings is 1. The number of nitrogens with zero attached hydrogens (tertiary/aromatic N) is 2. The lowest BCUT2D eigenvalue weighted by Crippen LogP contribution is -2.38. The molecule has 11 heteroatoms. The third kappa shape index (κ3) is 4.96. The molecule has 4 heterocycles. The van der Waals surface area contributed by atoms with E-state index < -0.39 is 16.1 Å². The first kappa shape index (κ1) is 24.4. The molecule has 0 atom stereocenters. The van der Waals surface area contributed by atoms with Crippen LogP contribution in [0.1, 0.15) is 28.0 Å². The number of anilines is 1. The smallest absolute Gasteiger partial charge is 0.333 e. The van der Waals surface area contributed by atoms with Crippen LogP contribution >= 0.6 is 11.3 Å². The fraction of sp³-hybridized carbons (Fsp3) is 0.385. The fourth-order valence-electron chi connectivity index (χ4n) is 5.03. The van der Waals surface area contributed by atoms with Crippen molar-refractivity contribution in [2.24, 2.45) is 0 Å². The topological polar surface area (TPSA) is 110 Å². The number of hydrogen-bond acceptors (Lipinski definition) is 8. The Bertz CT molecular complexity index is 1470. The number of ether oxygens (including phenoxy) is 2. The molecule has 2 aromatic heterocycles. The van der Waals surface area contributed by atoms with Gasteiger partial charge in [0.2, 0.25) is 5.88 Å². The molecule has 0 bridgehead atoms. The van der Waals surface area contributed by atoms with E-state index in [-0.39, 0.29) is 10.3 Å². The van der Waals surface area contributed by atoms with Gasteiger partial charge in [-0.15, -0.1) is 11.3 Å². The molecule has 3 aromatic rings. The summed E-state index contributed by atoms with van der Waals surface area (Å²) in [5, 5.41) is 2.87. The van der Waals surface area contributed by atoms with Crippen molar-refractivity contribution in [1.82, 2.24) is 14.6 Å². The quantitative estimate of drug-likeness (QED) is 0.492. The van der Waals surface area contributed by atoms with Gasteiger partial charge in [-0.2, -0.15) is 0 Å². The maximum atomic E-state index is 13.1. The maximum absolute atomic E-state index is 13.1. The van der Waals surface area contributed by atoms with Crippen molar-refractivity contribution in [3.63, 3.8) is 0 Å². The van der Waals surface area contributed by atoms with E-state index in [0.29, 0.717) is 31.3 Å². The summed E-state index contributed by atoms with van der Waals surface area (Å²) in [6.07, 6.45) is 5.18. The van der Waals surface area contributed by atoms with Gasteiger partial charge in [0.15, 0.2) is 0 Å². The number of sulfonamides is 1. The number of aromatic nitrogens is 1. The number of likely N-dealkylation sites (N-methyl/N-ethyl adjacent to an activating group) is 1. The lowest BCUT2D eigenvalue weighted by Gasteiger charge is -2.26. The van der Waals surface area contributed by atoms with E-state index in [1.165, 1.54) is 11.3 Å². The van der Waals surface area contributed by atoms with Gasteiger partial charge in [-0.05, 0) is 67.1 Å². The molecule has 1 saturated heterocycles. The van der Waals surface area contributed by atoms with Crippen LogP contribution < -0.4 is 14.8 Å². The van der Waals surface area contributed by atoms with E-state index in [1.54, 1.807) is 12.3 Å². The van der Waals surface area contributed by atoms with E-state index >= 15 is 0 Å². The molecule has 1 aromatic carbocycles. The van der Waals surface area contributed by atoms with Gasteiger partial charge in [-0.25, -0.2) is 22.9 Å². The minimum atomic E-state index is -4.00. The Hall–Kier alpha value is -2.99. The van der Waals surface area contributed by atoms with Gasteiger partial charge in [0.25, 0.3) is 10.0 Å². The van der Waals surface area contributed by atoms with E-state index in [9.17, 15) is 13.2 Å². The fourth-order valence-corrected chi connectivity index (χ4v) is 7.49. The Balaban J connectivity index is 1.26. The maximum Gasteiger partial charge on any atom is 0.333 e. The molecule has 0 unspecified atom stereocenters. The number of urea groups is 1. The molecular formula is C26H28N4O5S2. The summed E-state index contributed by atoms with van der Waals surface area (Å²) in [5.74, 6) is 0.483. The number of hydrogen-bond donors (Lipinski definition) is 2. The van der Waals surface area contributed by atoms with Crippen LogP contribution in [0, 0.1) is 0 Å². The van der Waals surface area contributed by atoms with Gasteiger partial charge >= 0.3 is 6.03 Å². The van der Waals surface area contributed by atoms with Crippen molar-refractivity contribution in [3.8, 4) is 17.0 Å². The molecule has 194 valence electrons. The van der Waals surface area contributed by atoms with Gasteiger partial charge in [0.05, 0.1) is 18.9 Å². The summed E-state index contributed by atoms with van der Waals surface area (Å²) in [4.78, 5) is 20.6. The second-order valence-electron chi connectivity index (χ2n) is 9.70. The lowest BCUT2D eigenvalue weighted by molar-refractivity contribution is -0.0813. The minimum absolute atomic E-state index is 0.0142. The van der Waals surface area contributed by atoms with Crippen molar-refractivity contribution in [2.45, 2.75) is 42.5 Å². The summed E-state index contributed by atoms with van der Waals surface area (Å²) >= 11 is 1.24. The van der Waals surface area contributed by atoms with Crippen molar-refractivity contribution in [2.75, 3.05) is 32.1 Å². The van der Waals surface area contributed by atoms with Crippen LogP contribution in [-0.4, -0.2) is 57.2 Å². The summed E-state index contributed by atoms with van der Waals surface area (Å²) in [5.41, 5.74) is 5.44. The van der Waals surface area contributed by atoms with Crippen LogP contribution in [0.4, 0.5) is 10.5 Å². The molecule has 2 amide bonds. The Labute approximate surface area is 219 Å². The van der Waals surface area contributed by atoms with Gasteiger partial charge in [0.1, 0.15) is 10.3 Å². The van der Waals surface area contributed by atoms with E-state index in [4.69, 9.17) is 9.47 Å². The molecule has 1 aliphatic carbocycles. The van der Waals surface area contributed by atoms with E-state index in [2.05, 4.69) is 26.0 Å². The number of fused-ring (bicyclic) bond motifs is 2. The van der Waals surface area contributed by atoms with Crippen LogP contribution in [0.3, 0.4) is 0 Å². The largest absolute Gasteiger partial charge is 0.469 e. The zero-order valence-corrected chi connectivity index (χ0v) is 22.1. The molecule has 37 heavy (non-hydrogen) atoms. The summed E-state index contributed by atoms with van der Waals surface area (Å²) < 4.78 is 39.6. The minimum Gasteiger partial charge on any atom is -0.469 e. The predicted octanol–water partition coefficient (Wildman–Crippen LogP) is 3.57. The Morgan fingerprint density at radius 3 is 2.84 bits per heavy atom. The number of carbonyl (C=O) groups is 1. The average Bonchev–Trinajstić information content (AvgIpc) is 3.49. The number of amides is 2. The SMILES string of the molecule is CN1CCc2sc(S(=O)(=O)NC(=O)Nc3c(-c4ccnc(OC5COC5)c4)ccc4c3CCC4)cc2C1. The van der Waals surface area contributed by atoms with Crippen LogP contribution in [0.25, 0.3) is 11.1 Å². The molecule has 3 aliphatic rings. The first-order valence-corrected chi connectivity index (χ1v) is 14.7. The molecule has 2 N–H and O–H groups in total. The standard InChI is InChI=1S/C26H28N4O5S2/c1-30-10-8-22-18(13-30)12-24(36-22)37(32,33)29-26(31)28-25-20-4-2-3-16(20)5-6-21(25)17-7-9-27-23(11-17)35-19-14-34-15-19/h5-7,9,11-12,19H,2-4,8,10,13-15H2,1H3,(H2,28,29,31). The number of carbonyl (C=O) groups excluding carboxylic acids is 1. The average molecular weight is 541 g/mol. The Morgan fingerprint density at radius 2 is 2.03 bits per heavy atom. The monoisotopic (exact) mass is 540 g/mol. The second-order valence-corrected chi connectivity index (χ2v) is 12.7. The summed E-state index contributed by atoms with van der Waals surface area (Å²) in [7, 11) is -1.99. The highest BCUT2D eigenvalue weighted by molar-refractivity contribution is 7.92. The van der Waals surface area contributed by atoms with Gasteiger partial charge in [0, 0.05) is 35.8 Å². The molecule has 1 fully saturated rings. The van der Waals surface area contributed by atoms with Crippen LogP contribution in [0.5, 0.6) is 5.88 Å². The van der Waals surface area contributed by atoms with Crippen LogP contribution in [0.2, 0.25) is 0 Å². The number of thiophene rings is 1. The van der Waals surface area contributed by atoms with Crippen molar-refractivity contribution >= 4 is 33.1 Å². The Morgan fingerprint density at radius 1 is 1.16 bits per heavy atom. The number of rotatable bonds is 6. The number of benzene rings is 1. The highest BCUT2D eigenvalue weighted by atomic mass is 32.2. The summed E-state index contributed by atoms with van der Waals surface area (Å²) in [6.45, 7) is 2.67. The Kier molecular flexibility index (Phi) is 6.39. The predicted molar refractivity (Wildman–Crippen MR) is 141 cm³/mol.